The number of alkyl halides is 3. The maximum absolute atomic E-state index is 11.8. The van der Waals surface area contributed by atoms with Crippen molar-refractivity contribution in [3.8, 4) is 0 Å². The molecule has 0 fully saturated rings. The third kappa shape index (κ3) is 1.07. The van der Waals surface area contributed by atoms with E-state index in [2.05, 4.69) is 0 Å². The summed E-state index contributed by atoms with van der Waals surface area (Å²) in [7, 11) is 0. The molecule has 10 heavy (non-hydrogen) atoms. The molecule has 0 aliphatic carbocycles. The zero-order chi connectivity index (χ0) is 7.78. The molecule has 2 nitrogen and oxygen atoms in total. The molecule has 0 unspecified atom stereocenters. The Labute approximate surface area is 55.1 Å². The molecule has 2 N–H and O–H groups in total. The van der Waals surface area contributed by atoms with Crippen LogP contribution in [0.3, 0.4) is 0 Å². The summed E-state index contributed by atoms with van der Waals surface area (Å²) < 4.78 is 35.3. The van der Waals surface area contributed by atoms with Crippen molar-refractivity contribution in [1.82, 2.24) is 4.57 Å². The molecule has 0 atom stereocenters. The van der Waals surface area contributed by atoms with Crippen molar-refractivity contribution in [3.63, 3.8) is 0 Å². The van der Waals surface area contributed by atoms with Gasteiger partial charge in [0.1, 0.15) is 5.82 Å². The van der Waals surface area contributed by atoms with Crippen LogP contribution in [0.15, 0.2) is 18.3 Å². The maximum atomic E-state index is 11.8. The lowest BCUT2D eigenvalue weighted by Crippen LogP contribution is -2.17. The third-order valence-electron chi connectivity index (χ3n) is 1.05. The number of aromatic nitrogens is 1. The van der Waals surface area contributed by atoms with Crippen molar-refractivity contribution < 1.29 is 13.2 Å². The van der Waals surface area contributed by atoms with Gasteiger partial charge in [-0.3, -0.25) is 0 Å². The molecule has 0 aliphatic heterocycles. The molecule has 56 valence electrons. The molecule has 0 amide bonds. The van der Waals surface area contributed by atoms with Crippen molar-refractivity contribution in [2.24, 2.45) is 0 Å². The topological polar surface area (TPSA) is 30.9 Å². The Balaban J connectivity index is 3.05. The Morgan fingerprint density at radius 1 is 1.40 bits per heavy atom. The van der Waals surface area contributed by atoms with Gasteiger partial charge in [0.05, 0.1) is 0 Å². The lowest BCUT2D eigenvalue weighted by molar-refractivity contribution is -0.202. The smallest absolute Gasteiger partial charge is 0.385 e. The van der Waals surface area contributed by atoms with Gasteiger partial charge in [0.25, 0.3) is 0 Å². The number of nitrogen functional groups attached to an aromatic ring is 1. The predicted octanol–water partition coefficient (Wildman–Crippen LogP) is 1.55. The standard InChI is InChI=1S/C5H5F3N2/c6-5(7,8)10-3-1-2-4(10)9/h1-3H,9H2. The monoisotopic (exact) mass is 150 g/mol. The lowest BCUT2D eigenvalue weighted by Gasteiger charge is -2.08. The van der Waals surface area contributed by atoms with Gasteiger partial charge in [0.2, 0.25) is 0 Å². The highest BCUT2D eigenvalue weighted by atomic mass is 19.4. The first-order valence-corrected chi connectivity index (χ1v) is 2.52. The van der Waals surface area contributed by atoms with E-state index in [9.17, 15) is 13.2 Å². The molecular weight excluding hydrogens is 145 g/mol. The second kappa shape index (κ2) is 1.93. The van der Waals surface area contributed by atoms with Crippen molar-refractivity contribution in [3.05, 3.63) is 18.3 Å². The molecule has 1 rings (SSSR count). The highest BCUT2D eigenvalue weighted by molar-refractivity contribution is 5.30. The molecule has 0 spiro atoms. The number of nitrogens with zero attached hydrogens (tertiary/aromatic N) is 1. The van der Waals surface area contributed by atoms with Gasteiger partial charge >= 0.3 is 6.30 Å². The summed E-state index contributed by atoms with van der Waals surface area (Å²) in [4.78, 5) is 0. The normalized spacial score (nSPS) is 11.9. The van der Waals surface area contributed by atoms with E-state index in [0.717, 1.165) is 6.20 Å². The fourth-order valence-electron chi connectivity index (χ4n) is 0.625. The van der Waals surface area contributed by atoms with E-state index in [1.165, 1.54) is 12.1 Å². The Bertz CT molecular complexity index is 225. The number of anilines is 1. The number of nitrogens with two attached hydrogens (primary N) is 1. The zero-order valence-corrected chi connectivity index (χ0v) is 4.89. The molecule has 1 aromatic heterocycles. The van der Waals surface area contributed by atoms with E-state index < -0.39 is 6.30 Å². The summed E-state index contributed by atoms with van der Waals surface area (Å²) in [5.74, 6) is -0.299. The highest BCUT2D eigenvalue weighted by Crippen LogP contribution is 2.25. The molecule has 0 radical (unpaired) electrons. The van der Waals surface area contributed by atoms with Gasteiger partial charge in [-0.2, -0.15) is 0 Å². The van der Waals surface area contributed by atoms with Crippen molar-refractivity contribution in [2.75, 3.05) is 5.73 Å². The lowest BCUT2D eigenvalue weighted by atomic mass is 10.6. The molecule has 0 aliphatic rings. The van der Waals surface area contributed by atoms with Crippen LogP contribution in [0.4, 0.5) is 19.0 Å². The summed E-state index contributed by atoms with van der Waals surface area (Å²) in [6.45, 7) is 0. The van der Waals surface area contributed by atoms with Gasteiger partial charge in [-0.15, -0.1) is 13.2 Å². The van der Waals surface area contributed by atoms with Crippen molar-refractivity contribution in [1.29, 1.82) is 0 Å². The Kier molecular flexibility index (Phi) is 1.35. The second-order valence-corrected chi connectivity index (χ2v) is 1.77. The fraction of sp³-hybridized carbons (Fsp3) is 0.200. The summed E-state index contributed by atoms with van der Waals surface area (Å²) in [6, 6.07) is 2.43. The third-order valence-corrected chi connectivity index (χ3v) is 1.05. The summed E-state index contributed by atoms with van der Waals surface area (Å²) >= 11 is 0. The minimum Gasteiger partial charge on any atom is -0.385 e. The first kappa shape index (κ1) is 6.98. The number of hydrogen-bond donors (Lipinski definition) is 1. The van der Waals surface area contributed by atoms with Crippen LogP contribution in [0.5, 0.6) is 0 Å². The first-order valence-electron chi connectivity index (χ1n) is 2.52. The quantitative estimate of drug-likeness (QED) is 0.597. The molecule has 5 heteroatoms. The highest BCUT2D eigenvalue weighted by Gasteiger charge is 2.30. The Morgan fingerprint density at radius 2 is 2.00 bits per heavy atom. The molecule has 0 saturated heterocycles. The van der Waals surface area contributed by atoms with Crippen LogP contribution in [0.1, 0.15) is 0 Å². The Morgan fingerprint density at radius 3 is 2.20 bits per heavy atom. The SMILES string of the molecule is Nc1cccn1C(F)(F)F. The maximum Gasteiger partial charge on any atom is 0.490 e. The van der Waals surface area contributed by atoms with Crippen molar-refractivity contribution in [2.45, 2.75) is 6.30 Å². The second-order valence-electron chi connectivity index (χ2n) is 1.77. The average molecular weight is 150 g/mol. The van der Waals surface area contributed by atoms with Crippen LogP contribution >= 0.6 is 0 Å². The summed E-state index contributed by atoms with van der Waals surface area (Å²) in [6.07, 6.45) is -3.52. The van der Waals surface area contributed by atoms with Gasteiger partial charge in [-0.05, 0) is 12.1 Å². The molecule has 1 heterocycles. The van der Waals surface area contributed by atoms with Crippen LogP contribution in [-0.2, 0) is 6.30 Å². The van der Waals surface area contributed by atoms with E-state index in [1.807, 2.05) is 0 Å². The van der Waals surface area contributed by atoms with Gasteiger partial charge in [-0.25, -0.2) is 4.57 Å². The minimum absolute atomic E-state index is 0.0486. The molecule has 1 aromatic rings. The minimum atomic E-state index is -4.40. The number of hydrogen-bond acceptors (Lipinski definition) is 1. The van der Waals surface area contributed by atoms with E-state index in [4.69, 9.17) is 5.73 Å². The van der Waals surface area contributed by atoms with Gasteiger partial charge in [-0.1, -0.05) is 0 Å². The molecule has 0 bridgehead atoms. The van der Waals surface area contributed by atoms with Crippen LogP contribution in [0, 0.1) is 0 Å². The summed E-state index contributed by atoms with van der Waals surface area (Å²) in [5, 5.41) is 0. The zero-order valence-electron chi connectivity index (χ0n) is 4.89. The van der Waals surface area contributed by atoms with E-state index in [1.54, 1.807) is 0 Å². The van der Waals surface area contributed by atoms with E-state index in [0.29, 0.717) is 0 Å². The fourth-order valence-corrected chi connectivity index (χ4v) is 0.625. The van der Waals surface area contributed by atoms with E-state index >= 15 is 0 Å². The average Bonchev–Trinajstić information content (AvgIpc) is 2.11. The first-order chi connectivity index (χ1) is 4.52. The predicted molar refractivity (Wildman–Crippen MR) is 30.1 cm³/mol. The van der Waals surface area contributed by atoms with E-state index in [-0.39, 0.29) is 10.4 Å². The summed E-state index contributed by atoms with van der Waals surface area (Å²) in [5.41, 5.74) is 4.97. The van der Waals surface area contributed by atoms with Crippen LogP contribution in [0.2, 0.25) is 0 Å². The molecule has 0 aromatic carbocycles. The Hall–Kier alpha value is -1.13. The van der Waals surface area contributed by atoms with Crippen LogP contribution < -0.4 is 5.73 Å². The van der Waals surface area contributed by atoms with Gasteiger partial charge < -0.3 is 5.73 Å². The van der Waals surface area contributed by atoms with Crippen LogP contribution in [-0.4, -0.2) is 4.57 Å². The van der Waals surface area contributed by atoms with Gasteiger partial charge in [0, 0.05) is 6.20 Å². The number of halogens is 3. The largest absolute Gasteiger partial charge is 0.490 e. The van der Waals surface area contributed by atoms with Crippen molar-refractivity contribution >= 4 is 5.82 Å². The van der Waals surface area contributed by atoms with Gasteiger partial charge in [0.15, 0.2) is 0 Å². The molecular formula is C5H5F3N2. The number of rotatable bonds is 0. The van der Waals surface area contributed by atoms with Crippen LogP contribution in [0.25, 0.3) is 0 Å². The molecule has 0 saturated carbocycles.